The fourth-order valence-electron chi connectivity index (χ4n) is 6.30. The lowest BCUT2D eigenvalue weighted by atomic mass is 9.75. The Morgan fingerprint density at radius 1 is 0.949 bits per heavy atom. The number of hydrogen-bond acceptors (Lipinski definition) is 6. The predicted molar refractivity (Wildman–Crippen MR) is 147 cm³/mol. The van der Waals surface area contributed by atoms with Crippen molar-refractivity contribution < 1.29 is 23.9 Å². The fourth-order valence-corrected chi connectivity index (χ4v) is 6.30. The van der Waals surface area contributed by atoms with Crippen molar-refractivity contribution in [2.24, 2.45) is 11.3 Å². The highest BCUT2D eigenvalue weighted by molar-refractivity contribution is 5.90. The van der Waals surface area contributed by atoms with Gasteiger partial charge in [0.25, 0.3) is 0 Å². The van der Waals surface area contributed by atoms with Crippen LogP contribution in [0.3, 0.4) is 0 Å². The molecule has 4 aliphatic heterocycles. The van der Waals surface area contributed by atoms with Gasteiger partial charge < -0.3 is 25.0 Å². The van der Waals surface area contributed by atoms with E-state index in [0.29, 0.717) is 71.7 Å². The monoisotopic (exact) mass is 538 g/mol. The van der Waals surface area contributed by atoms with Crippen molar-refractivity contribution in [1.29, 1.82) is 0 Å². The molecule has 5 rings (SSSR count). The Kier molecular flexibility index (Phi) is 9.32. The van der Waals surface area contributed by atoms with Gasteiger partial charge in [-0.1, -0.05) is 42.5 Å². The van der Waals surface area contributed by atoms with E-state index in [4.69, 9.17) is 9.47 Å². The van der Waals surface area contributed by atoms with Crippen LogP contribution in [0.15, 0.2) is 42.5 Å². The Morgan fingerprint density at radius 2 is 1.69 bits per heavy atom. The number of allylic oxidation sites excluding steroid dienone is 2. The molecule has 4 aliphatic rings. The first-order chi connectivity index (χ1) is 19.0. The molecule has 1 spiro atoms. The zero-order valence-electron chi connectivity index (χ0n) is 22.8. The lowest BCUT2D eigenvalue weighted by molar-refractivity contribution is -0.140. The van der Waals surface area contributed by atoms with Crippen molar-refractivity contribution in [3.05, 3.63) is 48.0 Å². The lowest BCUT2D eigenvalue weighted by Crippen LogP contribution is -2.58. The van der Waals surface area contributed by atoms with Crippen LogP contribution in [0, 0.1) is 11.3 Å². The summed E-state index contributed by atoms with van der Waals surface area (Å²) in [6, 6.07) is 9.20. The molecule has 3 fully saturated rings. The largest absolute Gasteiger partial charge is 0.381 e. The summed E-state index contributed by atoms with van der Waals surface area (Å²) < 4.78 is 11.0. The van der Waals surface area contributed by atoms with Crippen LogP contribution in [0.4, 0.5) is 0 Å². The summed E-state index contributed by atoms with van der Waals surface area (Å²) in [6.45, 7) is 5.50. The average Bonchev–Trinajstić information content (AvgIpc) is 2.97. The molecule has 1 aromatic carbocycles. The van der Waals surface area contributed by atoms with E-state index in [1.807, 2.05) is 35.2 Å². The Balaban J connectivity index is 1.33. The van der Waals surface area contributed by atoms with E-state index >= 15 is 0 Å². The lowest BCUT2D eigenvalue weighted by Gasteiger charge is -2.41. The van der Waals surface area contributed by atoms with Gasteiger partial charge in [-0.05, 0) is 43.6 Å². The number of nitrogens with one attached hydrogen (secondary N) is 2. The highest BCUT2D eigenvalue weighted by Crippen LogP contribution is 2.36. The molecule has 1 aromatic rings. The molecule has 3 saturated heterocycles. The van der Waals surface area contributed by atoms with Crippen molar-refractivity contribution in [2.45, 2.75) is 50.6 Å². The third-order valence-electron chi connectivity index (χ3n) is 8.82. The maximum Gasteiger partial charge on any atom is 0.243 e. The van der Waals surface area contributed by atoms with Crippen molar-refractivity contribution in [3.8, 4) is 0 Å². The second kappa shape index (κ2) is 13.1. The van der Waals surface area contributed by atoms with Crippen LogP contribution in [0.25, 0.3) is 0 Å². The van der Waals surface area contributed by atoms with Crippen LogP contribution in [-0.2, 0) is 30.3 Å². The molecule has 0 bridgehead atoms. The van der Waals surface area contributed by atoms with Crippen LogP contribution in [0.2, 0.25) is 0 Å². The first-order valence-corrected chi connectivity index (χ1v) is 14.5. The van der Waals surface area contributed by atoms with Crippen LogP contribution < -0.4 is 10.6 Å². The Morgan fingerprint density at radius 3 is 2.46 bits per heavy atom. The smallest absolute Gasteiger partial charge is 0.243 e. The minimum Gasteiger partial charge on any atom is -0.381 e. The second-order valence-corrected chi connectivity index (χ2v) is 11.4. The number of ether oxygens (including phenoxy) is 2. The van der Waals surface area contributed by atoms with Crippen LogP contribution in [0.5, 0.6) is 0 Å². The number of benzene rings is 1. The van der Waals surface area contributed by atoms with Gasteiger partial charge in [0.2, 0.25) is 17.7 Å². The quantitative estimate of drug-likeness (QED) is 0.564. The molecule has 0 radical (unpaired) electrons. The minimum atomic E-state index is -0.649. The molecule has 3 amide bonds. The van der Waals surface area contributed by atoms with Crippen LogP contribution in [0.1, 0.15) is 37.7 Å². The van der Waals surface area contributed by atoms with E-state index in [0.717, 1.165) is 31.5 Å². The van der Waals surface area contributed by atoms with Crippen molar-refractivity contribution >= 4 is 17.7 Å². The molecule has 3 atom stereocenters. The minimum absolute atomic E-state index is 0.0106. The number of rotatable bonds is 4. The summed E-state index contributed by atoms with van der Waals surface area (Å²) in [5.74, 6) is 0.151. The van der Waals surface area contributed by atoms with Gasteiger partial charge in [-0.2, -0.15) is 0 Å². The average molecular weight is 539 g/mol. The van der Waals surface area contributed by atoms with Gasteiger partial charge in [-0.15, -0.1) is 0 Å². The number of amides is 3. The van der Waals surface area contributed by atoms with Crippen LogP contribution >= 0.6 is 0 Å². The standard InChI is InChI=1S/C30H42N4O5/c35-27(34-14-18-39-19-15-34)22-33-13-9-25-24(21-33)8-4-5-10-30(11-16-38-17-12-30)29(37)32-26(28(36)31-25)20-23-6-2-1-3-7-23/h1-7,24-26H,8-22H2,(H,31,36)(H,32,37)/b5-4+/t24-,25+,26-/m0/s1. The molecule has 4 heterocycles. The van der Waals surface area contributed by atoms with Gasteiger partial charge in [-0.3, -0.25) is 19.3 Å². The highest BCUT2D eigenvalue weighted by atomic mass is 16.5. The van der Waals surface area contributed by atoms with Gasteiger partial charge in [-0.25, -0.2) is 0 Å². The van der Waals surface area contributed by atoms with E-state index < -0.39 is 11.5 Å². The number of morpholine rings is 1. The third kappa shape index (κ3) is 7.07. The molecule has 39 heavy (non-hydrogen) atoms. The van der Waals surface area contributed by atoms with Crippen molar-refractivity contribution in [3.63, 3.8) is 0 Å². The molecule has 0 unspecified atom stereocenters. The Hall–Kier alpha value is -2.75. The Labute approximate surface area is 231 Å². The molecule has 2 N–H and O–H groups in total. The molecule has 9 nitrogen and oxygen atoms in total. The zero-order valence-corrected chi connectivity index (χ0v) is 22.8. The van der Waals surface area contributed by atoms with E-state index in [2.05, 4.69) is 27.7 Å². The van der Waals surface area contributed by atoms with Gasteiger partial charge in [0, 0.05) is 51.9 Å². The maximum absolute atomic E-state index is 13.7. The maximum atomic E-state index is 13.7. The van der Waals surface area contributed by atoms with Crippen LogP contribution in [-0.4, -0.2) is 98.8 Å². The number of nitrogens with zero attached hydrogens (tertiary/aromatic N) is 2. The number of carbonyl (C=O) groups excluding carboxylic acids is 3. The number of hydrogen-bond donors (Lipinski definition) is 2. The summed E-state index contributed by atoms with van der Waals surface area (Å²) in [5.41, 5.74) is 0.449. The van der Waals surface area contributed by atoms with E-state index in [1.54, 1.807) is 0 Å². The number of carbonyl (C=O) groups is 3. The molecule has 212 valence electrons. The second-order valence-electron chi connectivity index (χ2n) is 11.4. The molecule has 9 heteroatoms. The molecule has 0 saturated carbocycles. The first-order valence-electron chi connectivity index (χ1n) is 14.5. The predicted octanol–water partition coefficient (Wildman–Crippen LogP) is 1.53. The van der Waals surface area contributed by atoms with E-state index in [-0.39, 0.29) is 29.7 Å². The number of piperidine rings is 1. The molecule has 0 aliphatic carbocycles. The summed E-state index contributed by atoms with van der Waals surface area (Å²) >= 11 is 0. The van der Waals surface area contributed by atoms with Gasteiger partial charge >= 0.3 is 0 Å². The number of fused-ring (bicyclic) bond motifs is 1. The fraction of sp³-hybridized carbons (Fsp3) is 0.633. The van der Waals surface area contributed by atoms with Crippen molar-refractivity contribution in [2.75, 3.05) is 59.2 Å². The highest BCUT2D eigenvalue weighted by Gasteiger charge is 2.41. The van der Waals surface area contributed by atoms with Crippen molar-refractivity contribution in [1.82, 2.24) is 20.4 Å². The molecule has 0 aromatic heterocycles. The summed E-state index contributed by atoms with van der Waals surface area (Å²) in [4.78, 5) is 44.4. The topological polar surface area (TPSA) is 100 Å². The summed E-state index contributed by atoms with van der Waals surface area (Å²) in [7, 11) is 0. The Bertz CT molecular complexity index is 1020. The molecular weight excluding hydrogens is 496 g/mol. The summed E-state index contributed by atoms with van der Waals surface area (Å²) in [6.07, 6.45) is 8.26. The molecular formula is C30H42N4O5. The van der Waals surface area contributed by atoms with Gasteiger partial charge in [0.1, 0.15) is 6.04 Å². The van der Waals surface area contributed by atoms with Gasteiger partial charge in [0.05, 0.1) is 25.2 Å². The van der Waals surface area contributed by atoms with E-state index in [1.165, 1.54) is 0 Å². The van der Waals surface area contributed by atoms with Gasteiger partial charge in [0.15, 0.2) is 0 Å². The SMILES string of the molecule is O=C1N[C@@H]2CCN(CC(=O)N3CCOCC3)C[C@@H]2C/C=C/CC2(CCOCC2)C(=O)N[C@H]1Cc1ccccc1. The number of likely N-dealkylation sites (tertiary alicyclic amines) is 1. The third-order valence-corrected chi connectivity index (χ3v) is 8.82. The first kappa shape index (κ1) is 27.8. The summed E-state index contributed by atoms with van der Waals surface area (Å²) in [5, 5.41) is 6.45. The van der Waals surface area contributed by atoms with E-state index in [9.17, 15) is 14.4 Å². The zero-order chi connectivity index (χ0) is 27.1. The normalized spacial score (nSPS) is 29.3.